The number of para-hydroxylation sites is 1. The molecule has 5 nitrogen and oxygen atoms in total. The van der Waals surface area contributed by atoms with Crippen molar-refractivity contribution in [2.45, 2.75) is 6.18 Å². The molecule has 0 aliphatic rings. The number of hydrogen-bond donors (Lipinski definition) is 1. The average Bonchev–Trinajstić information content (AvgIpc) is 3.10. The Hall–Kier alpha value is -3.81. The highest BCUT2D eigenvalue weighted by Gasteiger charge is 2.43. The minimum Gasteiger partial charge on any atom is -0.497 e. The van der Waals surface area contributed by atoms with Crippen LogP contribution in [0.1, 0.15) is 32.0 Å². The zero-order valence-corrected chi connectivity index (χ0v) is 15.5. The van der Waals surface area contributed by atoms with Crippen molar-refractivity contribution < 1.29 is 32.6 Å². The number of aromatic nitrogens is 1. The maximum atomic E-state index is 14.0. The van der Waals surface area contributed by atoms with E-state index in [1.54, 1.807) is 24.3 Å². The fourth-order valence-corrected chi connectivity index (χ4v) is 3.59. The number of pyridine rings is 1. The lowest BCUT2D eigenvalue weighted by atomic mass is 9.99. The number of alkyl halides is 3. The van der Waals surface area contributed by atoms with Crippen molar-refractivity contribution in [1.82, 2.24) is 4.40 Å². The largest absolute Gasteiger partial charge is 0.497 e. The third kappa shape index (κ3) is 2.97. The van der Waals surface area contributed by atoms with E-state index in [-0.39, 0.29) is 16.6 Å². The molecule has 30 heavy (non-hydrogen) atoms. The number of nitrogens with zero attached hydrogens (tertiary/aromatic N) is 1. The number of aromatic carboxylic acids is 1. The molecule has 0 radical (unpaired) electrons. The van der Waals surface area contributed by atoms with Gasteiger partial charge in [0.25, 0.3) is 0 Å². The molecule has 0 atom stereocenters. The Balaban J connectivity index is 2.13. The molecule has 2 aromatic carbocycles. The van der Waals surface area contributed by atoms with E-state index in [1.165, 1.54) is 43.5 Å². The maximum Gasteiger partial charge on any atom is 0.432 e. The van der Waals surface area contributed by atoms with E-state index in [0.29, 0.717) is 11.1 Å². The normalized spacial score (nSPS) is 11.7. The molecule has 4 aromatic rings. The van der Waals surface area contributed by atoms with Gasteiger partial charge < -0.3 is 14.2 Å². The lowest BCUT2D eigenvalue weighted by Gasteiger charge is -2.11. The second-order valence-electron chi connectivity index (χ2n) is 6.57. The fraction of sp³-hybridized carbons (Fsp3) is 0.0909. The molecule has 2 aromatic heterocycles. The van der Waals surface area contributed by atoms with Crippen molar-refractivity contribution in [2.24, 2.45) is 0 Å². The van der Waals surface area contributed by atoms with Crippen LogP contribution in [0.4, 0.5) is 13.2 Å². The number of rotatable bonds is 4. The van der Waals surface area contributed by atoms with E-state index in [9.17, 15) is 27.9 Å². The molecule has 8 heteroatoms. The number of ether oxygens (including phenoxy) is 1. The summed E-state index contributed by atoms with van der Waals surface area (Å²) in [6.07, 6.45) is -5.00. The summed E-state index contributed by atoms with van der Waals surface area (Å²) in [6.45, 7) is 0. The van der Waals surface area contributed by atoms with Crippen LogP contribution in [0.2, 0.25) is 0 Å². The van der Waals surface area contributed by atoms with Crippen molar-refractivity contribution >= 4 is 28.2 Å². The summed E-state index contributed by atoms with van der Waals surface area (Å²) >= 11 is 0. The van der Waals surface area contributed by atoms with Crippen LogP contribution >= 0.6 is 0 Å². The lowest BCUT2D eigenvalue weighted by molar-refractivity contribution is -0.142. The summed E-state index contributed by atoms with van der Waals surface area (Å²) in [5, 5.41) is 10.2. The first-order valence-corrected chi connectivity index (χ1v) is 8.79. The third-order valence-electron chi connectivity index (χ3n) is 4.87. The Bertz CT molecular complexity index is 1300. The highest BCUT2D eigenvalue weighted by molar-refractivity contribution is 6.19. The molecule has 0 spiro atoms. The first kappa shape index (κ1) is 19.5. The van der Waals surface area contributed by atoms with Crippen molar-refractivity contribution in [1.29, 1.82) is 0 Å². The summed E-state index contributed by atoms with van der Waals surface area (Å²) in [5.41, 5.74) is -2.89. The van der Waals surface area contributed by atoms with Gasteiger partial charge in [-0.3, -0.25) is 4.79 Å². The van der Waals surface area contributed by atoms with Gasteiger partial charge in [-0.25, -0.2) is 4.79 Å². The van der Waals surface area contributed by atoms with Crippen LogP contribution in [0.25, 0.3) is 16.4 Å². The van der Waals surface area contributed by atoms with Crippen LogP contribution in [-0.2, 0) is 6.18 Å². The SMILES string of the molecule is COc1ccc(C(=O)c2c(C(=O)O)c(C(F)(F)F)n3c2ccc2ccccc23)cc1. The van der Waals surface area contributed by atoms with E-state index < -0.39 is 34.7 Å². The van der Waals surface area contributed by atoms with Gasteiger partial charge in [0.2, 0.25) is 0 Å². The van der Waals surface area contributed by atoms with E-state index >= 15 is 0 Å². The standard InChI is InChI=1S/C22H14F3NO4/c1-30-14-9-6-13(7-10-14)19(27)17-16-11-8-12-4-2-3-5-15(12)26(16)20(22(23,24)25)18(17)21(28)29/h2-11H,1H3,(H,28,29). The Kier molecular flexibility index (Phi) is 4.49. The van der Waals surface area contributed by atoms with Gasteiger partial charge in [0, 0.05) is 5.56 Å². The first-order valence-electron chi connectivity index (χ1n) is 8.79. The summed E-state index contributed by atoms with van der Waals surface area (Å²) in [4.78, 5) is 25.1. The predicted octanol–water partition coefficient (Wildman–Crippen LogP) is 5.05. The number of carboxylic acid groups (broad SMARTS) is 1. The summed E-state index contributed by atoms with van der Waals surface area (Å²) in [7, 11) is 1.43. The third-order valence-corrected chi connectivity index (χ3v) is 4.87. The molecule has 0 bridgehead atoms. The molecule has 1 N–H and O–H groups in total. The number of methoxy groups -OCH3 is 1. The number of ketones is 1. The number of carbonyl (C=O) groups excluding carboxylic acids is 1. The Morgan fingerprint density at radius 2 is 1.57 bits per heavy atom. The van der Waals surface area contributed by atoms with Gasteiger partial charge in [0.1, 0.15) is 17.0 Å². The van der Waals surface area contributed by atoms with E-state index in [4.69, 9.17) is 4.74 Å². The quantitative estimate of drug-likeness (QED) is 0.476. The van der Waals surface area contributed by atoms with Crippen molar-refractivity contribution in [2.75, 3.05) is 7.11 Å². The van der Waals surface area contributed by atoms with E-state index in [1.807, 2.05) is 0 Å². The predicted molar refractivity (Wildman–Crippen MR) is 103 cm³/mol. The fourth-order valence-electron chi connectivity index (χ4n) is 3.59. The summed E-state index contributed by atoms with van der Waals surface area (Å²) < 4.78 is 47.9. The van der Waals surface area contributed by atoms with E-state index in [0.717, 1.165) is 4.40 Å². The van der Waals surface area contributed by atoms with Gasteiger partial charge in [-0.2, -0.15) is 13.2 Å². The van der Waals surface area contributed by atoms with Gasteiger partial charge in [-0.1, -0.05) is 24.3 Å². The summed E-state index contributed by atoms with van der Waals surface area (Å²) in [5.74, 6) is -2.20. The van der Waals surface area contributed by atoms with Crippen LogP contribution < -0.4 is 4.74 Å². The van der Waals surface area contributed by atoms with Crippen LogP contribution in [-0.4, -0.2) is 28.4 Å². The van der Waals surface area contributed by atoms with Crippen molar-refractivity contribution in [3.8, 4) is 5.75 Å². The smallest absolute Gasteiger partial charge is 0.432 e. The number of benzene rings is 2. The molecule has 0 saturated carbocycles. The summed E-state index contributed by atoms with van der Waals surface area (Å²) in [6, 6.07) is 14.9. The Labute approximate surface area is 167 Å². The lowest BCUT2D eigenvalue weighted by Crippen LogP contribution is -2.16. The molecular weight excluding hydrogens is 399 g/mol. The second kappa shape index (κ2) is 6.91. The number of carbonyl (C=O) groups is 2. The monoisotopic (exact) mass is 413 g/mol. The number of fused-ring (bicyclic) bond motifs is 3. The average molecular weight is 413 g/mol. The molecule has 0 aliphatic carbocycles. The van der Waals surface area contributed by atoms with Gasteiger partial charge >= 0.3 is 12.1 Å². The van der Waals surface area contributed by atoms with Crippen molar-refractivity contribution in [3.63, 3.8) is 0 Å². The van der Waals surface area contributed by atoms with Gasteiger partial charge in [0.05, 0.1) is 23.7 Å². The number of carboxylic acids is 1. The number of hydrogen-bond acceptors (Lipinski definition) is 3. The Morgan fingerprint density at radius 1 is 0.900 bits per heavy atom. The van der Waals surface area contributed by atoms with E-state index in [2.05, 4.69) is 0 Å². The van der Waals surface area contributed by atoms with Gasteiger partial charge in [0.15, 0.2) is 5.78 Å². The molecule has 2 heterocycles. The Morgan fingerprint density at radius 3 is 2.17 bits per heavy atom. The van der Waals surface area contributed by atoms with Crippen LogP contribution in [0.3, 0.4) is 0 Å². The zero-order valence-electron chi connectivity index (χ0n) is 15.5. The zero-order chi connectivity index (χ0) is 21.6. The minimum absolute atomic E-state index is 0.0488. The topological polar surface area (TPSA) is 68.0 Å². The van der Waals surface area contributed by atoms with Gasteiger partial charge in [-0.15, -0.1) is 0 Å². The molecule has 0 aliphatic heterocycles. The molecule has 0 amide bonds. The minimum atomic E-state index is -5.00. The van der Waals surface area contributed by atoms with Crippen LogP contribution in [0.15, 0.2) is 60.7 Å². The molecule has 152 valence electrons. The molecule has 0 saturated heterocycles. The molecule has 0 fully saturated rings. The molecular formula is C22H14F3NO4. The first-order chi connectivity index (χ1) is 14.2. The number of halogens is 3. The van der Waals surface area contributed by atoms with Crippen molar-refractivity contribution in [3.05, 3.63) is 83.0 Å². The molecule has 0 unspecified atom stereocenters. The highest BCUT2D eigenvalue weighted by atomic mass is 19.4. The van der Waals surface area contributed by atoms with Gasteiger partial charge in [-0.05, 0) is 41.8 Å². The molecule has 4 rings (SSSR count). The van der Waals surface area contributed by atoms with Crippen LogP contribution in [0.5, 0.6) is 5.75 Å². The highest BCUT2D eigenvalue weighted by Crippen LogP contribution is 2.39. The maximum absolute atomic E-state index is 14.0. The van der Waals surface area contributed by atoms with Crippen LogP contribution in [0, 0.1) is 0 Å². The second-order valence-corrected chi connectivity index (χ2v) is 6.57.